The molecule has 4 N–H and O–H groups in total. The van der Waals surface area contributed by atoms with Crippen molar-refractivity contribution in [3.8, 4) is 0 Å². The third kappa shape index (κ3) is 3.70. The zero-order chi connectivity index (χ0) is 14.6. The Morgan fingerprint density at radius 1 is 1.47 bits per heavy atom. The highest BCUT2D eigenvalue weighted by Crippen LogP contribution is 2.21. The van der Waals surface area contributed by atoms with Gasteiger partial charge in [0.05, 0.1) is 11.0 Å². The standard InChI is InChI=1S/C13H17BrN2O3/c1-3-13(2,12(18)19)7-16-11(17)9-5-4-8(14)6-10(9)15/h4-6H,3,7,15H2,1-2H3,(H,16,17)(H,18,19). The van der Waals surface area contributed by atoms with Gasteiger partial charge in [-0.05, 0) is 31.5 Å². The molecule has 1 amide bonds. The fraction of sp³-hybridized carbons (Fsp3) is 0.385. The maximum atomic E-state index is 12.0. The van der Waals surface area contributed by atoms with Gasteiger partial charge in [-0.3, -0.25) is 9.59 Å². The van der Waals surface area contributed by atoms with Crippen LogP contribution in [-0.4, -0.2) is 23.5 Å². The predicted octanol–water partition coefficient (Wildman–Crippen LogP) is 2.26. The molecule has 0 heterocycles. The monoisotopic (exact) mass is 328 g/mol. The Morgan fingerprint density at radius 2 is 2.11 bits per heavy atom. The maximum Gasteiger partial charge on any atom is 0.311 e. The number of amides is 1. The number of carbonyl (C=O) groups is 2. The summed E-state index contributed by atoms with van der Waals surface area (Å²) in [4.78, 5) is 23.1. The van der Waals surface area contributed by atoms with E-state index in [1.54, 1.807) is 32.0 Å². The zero-order valence-electron chi connectivity index (χ0n) is 10.9. The topological polar surface area (TPSA) is 92.4 Å². The van der Waals surface area contributed by atoms with Gasteiger partial charge in [0, 0.05) is 16.7 Å². The Bertz CT molecular complexity index is 505. The summed E-state index contributed by atoms with van der Waals surface area (Å²) < 4.78 is 0.783. The van der Waals surface area contributed by atoms with Crippen LogP contribution in [-0.2, 0) is 4.79 Å². The van der Waals surface area contributed by atoms with E-state index in [0.29, 0.717) is 17.7 Å². The fourth-order valence-electron chi connectivity index (χ4n) is 1.46. The third-order valence-electron chi connectivity index (χ3n) is 3.19. The number of nitrogen functional groups attached to an aromatic ring is 1. The van der Waals surface area contributed by atoms with Crippen LogP contribution in [0.1, 0.15) is 30.6 Å². The van der Waals surface area contributed by atoms with Gasteiger partial charge in [0.1, 0.15) is 0 Å². The van der Waals surface area contributed by atoms with E-state index in [4.69, 9.17) is 10.8 Å². The van der Waals surface area contributed by atoms with Crippen molar-refractivity contribution < 1.29 is 14.7 Å². The van der Waals surface area contributed by atoms with E-state index in [9.17, 15) is 9.59 Å². The zero-order valence-corrected chi connectivity index (χ0v) is 12.5. The van der Waals surface area contributed by atoms with Crippen LogP contribution < -0.4 is 11.1 Å². The summed E-state index contributed by atoms with van der Waals surface area (Å²) in [7, 11) is 0. The lowest BCUT2D eigenvalue weighted by Gasteiger charge is -2.23. The molecule has 0 aliphatic carbocycles. The number of aliphatic carboxylic acids is 1. The molecule has 6 heteroatoms. The van der Waals surface area contributed by atoms with Gasteiger partial charge in [-0.25, -0.2) is 0 Å². The number of halogens is 1. The number of carboxylic acids is 1. The second-order valence-electron chi connectivity index (χ2n) is 4.63. The van der Waals surface area contributed by atoms with Gasteiger partial charge in [-0.1, -0.05) is 22.9 Å². The van der Waals surface area contributed by atoms with Crippen LogP contribution in [0, 0.1) is 5.41 Å². The van der Waals surface area contributed by atoms with Crippen molar-refractivity contribution in [3.05, 3.63) is 28.2 Å². The van der Waals surface area contributed by atoms with Gasteiger partial charge in [-0.2, -0.15) is 0 Å². The number of rotatable bonds is 5. The van der Waals surface area contributed by atoms with E-state index in [2.05, 4.69) is 21.2 Å². The van der Waals surface area contributed by atoms with Crippen LogP contribution in [0.2, 0.25) is 0 Å². The lowest BCUT2D eigenvalue weighted by molar-refractivity contribution is -0.147. The number of anilines is 1. The van der Waals surface area contributed by atoms with Crippen molar-refractivity contribution in [1.29, 1.82) is 0 Å². The first-order chi connectivity index (χ1) is 8.80. The predicted molar refractivity (Wildman–Crippen MR) is 76.9 cm³/mol. The molecule has 0 radical (unpaired) electrons. The van der Waals surface area contributed by atoms with Crippen LogP contribution in [0.3, 0.4) is 0 Å². The van der Waals surface area contributed by atoms with Crippen LogP contribution >= 0.6 is 15.9 Å². The lowest BCUT2D eigenvalue weighted by atomic mass is 9.87. The van der Waals surface area contributed by atoms with E-state index >= 15 is 0 Å². The fourth-order valence-corrected chi connectivity index (χ4v) is 1.84. The average molecular weight is 329 g/mol. The van der Waals surface area contributed by atoms with Crippen LogP contribution in [0.25, 0.3) is 0 Å². The molecule has 0 saturated carbocycles. The largest absolute Gasteiger partial charge is 0.481 e. The van der Waals surface area contributed by atoms with Crippen molar-refractivity contribution in [2.24, 2.45) is 5.41 Å². The van der Waals surface area contributed by atoms with E-state index in [0.717, 1.165) is 4.47 Å². The quantitative estimate of drug-likeness (QED) is 0.723. The third-order valence-corrected chi connectivity index (χ3v) is 3.69. The first-order valence-corrected chi connectivity index (χ1v) is 6.66. The second-order valence-corrected chi connectivity index (χ2v) is 5.55. The summed E-state index contributed by atoms with van der Waals surface area (Å²) in [6.07, 6.45) is 0.429. The minimum Gasteiger partial charge on any atom is -0.481 e. The molecule has 0 aliphatic heterocycles. The number of hydrogen-bond acceptors (Lipinski definition) is 3. The summed E-state index contributed by atoms with van der Waals surface area (Å²) in [6, 6.07) is 4.94. The molecule has 1 atom stereocenters. The highest BCUT2D eigenvalue weighted by atomic mass is 79.9. The molecular weight excluding hydrogens is 312 g/mol. The molecule has 0 aromatic heterocycles. The number of nitrogens with two attached hydrogens (primary N) is 1. The molecule has 0 saturated heterocycles. The summed E-state index contributed by atoms with van der Waals surface area (Å²) >= 11 is 3.26. The van der Waals surface area contributed by atoms with Gasteiger partial charge in [-0.15, -0.1) is 0 Å². The van der Waals surface area contributed by atoms with E-state index in [1.807, 2.05) is 0 Å². The van der Waals surface area contributed by atoms with E-state index < -0.39 is 11.4 Å². The van der Waals surface area contributed by atoms with Gasteiger partial charge < -0.3 is 16.2 Å². The Hall–Kier alpha value is -1.56. The van der Waals surface area contributed by atoms with Crippen molar-refractivity contribution in [3.63, 3.8) is 0 Å². The molecule has 1 rings (SSSR count). The van der Waals surface area contributed by atoms with Crippen LogP contribution in [0.4, 0.5) is 5.69 Å². The molecule has 0 fully saturated rings. The van der Waals surface area contributed by atoms with Gasteiger partial charge in [0.25, 0.3) is 5.91 Å². The molecule has 1 unspecified atom stereocenters. The molecule has 19 heavy (non-hydrogen) atoms. The number of benzene rings is 1. The van der Waals surface area contributed by atoms with Crippen LogP contribution in [0.5, 0.6) is 0 Å². The minimum atomic E-state index is -0.972. The molecule has 1 aromatic carbocycles. The average Bonchev–Trinajstić information content (AvgIpc) is 2.35. The van der Waals surface area contributed by atoms with Crippen molar-refractivity contribution in [2.75, 3.05) is 12.3 Å². The first-order valence-electron chi connectivity index (χ1n) is 5.87. The Balaban J connectivity index is 2.78. The number of nitrogens with one attached hydrogen (secondary N) is 1. The van der Waals surface area contributed by atoms with Crippen molar-refractivity contribution in [1.82, 2.24) is 5.32 Å². The maximum absolute atomic E-state index is 12.0. The Morgan fingerprint density at radius 3 is 2.58 bits per heavy atom. The molecular formula is C13H17BrN2O3. The van der Waals surface area contributed by atoms with Crippen LogP contribution in [0.15, 0.2) is 22.7 Å². The lowest BCUT2D eigenvalue weighted by Crippen LogP contribution is -2.40. The Kier molecular flexibility index (Phi) is 4.94. The van der Waals surface area contributed by atoms with Gasteiger partial charge >= 0.3 is 5.97 Å². The van der Waals surface area contributed by atoms with E-state index in [1.165, 1.54) is 0 Å². The molecule has 1 aromatic rings. The number of hydrogen-bond donors (Lipinski definition) is 3. The molecule has 5 nitrogen and oxygen atoms in total. The highest BCUT2D eigenvalue weighted by molar-refractivity contribution is 9.10. The Labute approximate surface area is 120 Å². The van der Waals surface area contributed by atoms with Gasteiger partial charge in [0.2, 0.25) is 0 Å². The highest BCUT2D eigenvalue weighted by Gasteiger charge is 2.31. The smallest absolute Gasteiger partial charge is 0.311 e. The van der Waals surface area contributed by atoms with Gasteiger partial charge in [0.15, 0.2) is 0 Å². The normalized spacial score (nSPS) is 13.6. The summed E-state index contributed by atoms with van der Waals surface area (Å²) in [5.74, 6) is -1.30. The number of carboxylic acid groups (broad SMARTS) is 1. The van der Waals surface area contributed by atoms with Crippen molar-refractivity contribution >= 4 is 33.5 Å². The molecule has 104 valence electrons. The van der Waals surface area contributed by atoms with Crippen molar-refractivity contribution in [2.45, 2.75) is 20.3 Å². The molecule has 0 bridgehead atoms. The summed E-state index contributed by atoms with van der Waals surface area (Å²) in [5.41, 5.74) is 5.46. The summed E-state index contributed by atoms with van der Waals surface area (Å²) in [5, 5.41) is 11.7. The minimum absolute atomic E-state index is 0.0627. The number of carbonyl (C=O) groups excluding carboxylic acids is 1. The second kappa shape index (κ2) is 6.06. The first kappa shape index (κ1) is 15.5. The summed E-state index contributed by atoms with van der Waals surface area (Å²) in [6.45, 7) is 3.43. The van der Waals surface area contributed by atoms with E-state index in [-0.39, 0.29) is 12.5 Å². The SMILES string of the molecule is CCC(C)(CNC(=O)c1ccc(Br)cc1N)C(=O)O. The molecule has 0 spiro atoms. The molecule has 0 aliphatic rings.